The number of carboxylic acid groups (broad SMARTS) is 1. The van der Waals surface area contributed by atoms with Gasteiger partial charge in [-0.05, 0) is 30.7 Å². The third-order valence-corrected chi connectivity index (χ3v) is 5.48. The van der Waals surface area contributed by atoms with Gasteiger partial charge in [0.2, 0.25) is 5.88 Å². The molecule has 3 heterocycles. The van der Waals surface area contributed by atoms with Gasteiger partial charge in [0.15, 0.2) is 0 Å². The molecule has 0 spiro atoms. The number of esters is 1. The molecule has 3 N–H and O–H groups in total. The van der Waals surface area contributed by atoms with Gasteiger partial charge in [0.1, 0.15) is 18.4 Å². The van der Waals surface area contributed by atoms with Gasteiger partial charge in [-0.15, -0.1) is 0 Å². The predicted octanol–water partition coefficient (Wildman–Crippen LogP) is 1.31. The zero-order valence-corrected chi connectivity index (χ0v) is 15.9. The Morgan fingerprint density at radius 2 is 1.93 bits per heavy atom. The zero-order valence-electron chi connectivity index (χ0n) is 15.9. The van der Waals surface area contributed by atoms with E-state index in [0.29, 0.717) is 17.7 Å². The smallest absolute Gasteiger partial charge is 0.508 e. The Bertz CT molecular complexity index is 957. The summed E-state index contributed by atoms with van der Waals surface area (Å²) < 4.78 is 9.87. The van der Waals surface area contributed by atoms with Crippen molar-refractivity contribution in [2.45, 2.75) is 25.4 Å². The molecule has 1 aromatic carbocycles. The molecule has 158 valence electrons. The third kappa shape index (κ3) is 3.17. The minimum atomic E-state index is -1.58. The first-order valence-electron chi connectivity index (χ1n) is 9.25. The highest BCUT2D eigenvalue weighted by Crippen LogP contribution is 2.49. The number of piperidine rings is 1. The van der Waals surface area contributed by atoms with Crippen molar-refractivity contribution in [3.8, 4) is 5.75 Å². The molecule has 2 fully saturated rings. The van der Waals surface area contributed by atoms with Crippen LogP contribution in [0.3, 0.4) is 0 Å². The maximum Gasteiger partial charge on any atom is 0.512 e. The quantitative estimate of drug-likeness (QED) is 0.378. The summed E-state index contributed by atoms with van der Waals surface area (Å²) in [6, 6.07) is 4.18. The molecular formula is C19H19N3O8. The van der Waals surface area contributed by atoms with Crippen molar-refractivity contribution in [1.29, 1.82) is 0 Å². The number of phenolic OH excluding ortho intramolecular Hbond substituents is 1. The molecule has 4 rings (SSSR count). The molecule has 1 unspecified atom stereocenters. The van der Waals surface area contributed by atoms with E-state index in [1.165, 1.54) is 41.0 Å². The van der Waals surface area contributed by atoms with Crippen LogP contribution in [0.5, 0.6) is 5.75 Å². The van der Waals surface area contributed by atoms with Crippen LogP contribution in [0.2, 0.25) is 0 Å². The van der Waals surface area contributed by atoms with E-state index in [1.807, 2.05) is 0 Å². The number of amides is 3. The van der Waals surface area contributed by atoms with Gasteiger partial charge in [-0.3, -0.25) is 14.5 Å². The van der Waals surface area contributed by atoms with Crippen molar-refractivity contribution in [1.82, 2.24) is 9.80 Å². The lowest BCUT2D eigenvalue weighted by atomic mass is 9.78. The Labute approximate surface area is 170 Å². The van der Waals surface area contributed by atoms with Crippen LogP contribution in [-0.2, 0) is 19.1 Å². The monoisotopic (exact) mass is 417 g/mol. The summed E-state index contributed by atoms with van der Waals surface area (Å²) in [5, 5.41) is 21.1. The number of β-lactam (4-membered cyclic amide) rings is 1. The molecule has 0 radical (unpaired) electrons. The standard InChI is InChI=1S/C19H19N3O8/c1-9(23)29-8-13-12-6-7-21(18(26)20-10-2-4-11(24)5-3-10)15-14(12)22(16(15)25)17(13)30-19(27)28/h2-5,12,14-15,24H,6-8H2,1H3,(H,20,26)(H,27,28)/t12?,14-,15+/m1/s1. The number of nitrogens with zero attached hydrogens (tertiary/aromatic N) is 2. The average Bonchev–Trinajstić information content (AvgIpc) is 2.97. The molecule has 0 aromatic heterocycles. The van der Waals surface area contributed by atoms with Crippen molar-refractivity contribution in [3.05, 3.63) is 35.7 Å². The van der Waals surface area contributed by atoms with E-state index < -0.39 is 36.1 Å². The van der Waals surface area contributed by atoms with Gasteiger partial charge < -0.3 is 29.9 Å². The topological polar surface area (TPSA) is 146 Å². The molecule has 3 aliphatic rings. The van der Waals surface area contributed by atoms with E-state index in [9.17, 15) is 24.3 Å². The first kappa shape index (κ1) is 19.6. The van der Waals surface area contributed by atoms with E-state index in [1.54, 1.807) is 0 Å². The molecule has 0 aliphatic carbocycles. The summed E-state index contributed by atoms with van der Waals surface area (Å²) in [6.07, 6.45) is -1.14. The Morgan fingerprint density at radius 3 is 2.57 bits per heavy atom. The molecule has 3 atom stereocenters. The number of phenols is 1. The second kappa shape index (κ2) is 7.25. The Hall–Kier alpha value is -3.76. The van der Waals surface area contributed by atoms with Crippen molar-refractivity contribution in [3.63, 3.8) is 0 Å². The van der Waals surface area contributed by atoms with E-state index in [0.717, 1.165) is 0 Å². The van der Waals surface area contributed by atoms with Gasteiger partial charge in [0.05, 0.1) is 6.04 Å². The number of urea groups is 1. The summed E-state index contributed by atoms with van der Waals surface area (Å²) >= 11 is 0. The van der Waals surface area contributed by atoms with E-state index in [2.05, 4.69) is 5.32 Å². The molecule has 2 saturated heterocycles. The van der Waals surface area contributed by atoms with Gasteiger partial charge in [0, 0.05) is 30.6 Å². The fourth-order valence-electron chi connectivity index (χ4n) is 4.24. The third-order valence-electron chi connectivity index (χ3n) is 5.48. The SMILES string of the molecule is CC(=O)OCC1=C(OC(=O)O)N2C(=O)[C@@H]3[C@H]2C1CCN3C(=O)Nc1ccc(O)cc1. The first-order valence-corrected chi connectivity index (χ1v) is 9.25. The number of hydrogen-bond acceptors (Lipinski definition) is 7. The molecular weight excluding hydrogens is 398 g/mol. The largest absolute Gasteiger partial charge is 0.512 e. The van der Waals surface area contributed by atoms with Crippen LogP contribution in [0.1, 0.15) is 13.3 Å². The van der Waals surface area contributed by atoms with Gasteiger partial charge in [0.25, 0.3) is 5.91 Å². The van der Waals surface area contributed by atoms with Crippen LogP contribution < -0.4 is 5.32 Å². The lowest BCUT2D eigenvalue weighted by Gasteiger charge is -2.52. The van der Waals surface area contributed by atoms with Gasteiger partial charge in [-0.25, -0.2) is 9.59 Å². The Balaban J connectivity index is 1.54. The summed E-state index contributed by atoms with van der Waals surface area (Å²) in [5.74, 6) is -1.36. The summed E-state index contributed by atoms with van der Waals surface area (Å²) in [7, 11) is 0. The van der Waals surface area contributed by atoms with E-state index in [-0.39, 0.29) is 30.7 Å². The van der Waals surface area contributed by atoms with Crippen LogP contribution in [-0.4, -0.2) is 69.3 Å². The zero-order chi connectivity index (χ0) is 21.6. The molecule has 30 heavy (non-hydrogen) atoms. The molecule has 3 aliphatic heterocycles. The van der Waals surface area contributed by atoms with Crippen LogP contribution in [0.15, 0.2) is 35.7 Å². The van der Waals surface area contributed by atoms with Crippen molar-refractivity contribution in [2.24, 2.45) is 5.92 Å². The molecule has 11 heteroatoms. The number of nitrogens with one attached hydrogen (secondary N) is 1. The minimum absolute atomic E-state index is 0.0573. The highest BCUT2D eigenvalue weighted by molar-refractivity contribution is 5.99. The fraction of sp³-hybridized carbons (Fsp3) is 0.368. The number of likely N-dealkylation sites (tertiary alicyclic amines) is 1. The number of rotatable bonds is 4. The minimum Gasteiger partial charge on any atom is -0.508 e. The molecule has 0 bridgehead atoms. The second-order valence-corrected chi connectivity index (χ2v) is 7.19. The number of aromatic hydroxyl groups is 1. The number of ether oxygens (including phenoxy) is 2. The number of carbonyl (C=O) groups is 4. The molecule has 3 amide bonds. The molecule has 1 aromatic rings. The molecule has 11 nitrogen and oxygen atoms in total. The number of benzene rings is 1. The number of carbonyl (C=O) groups excluding carboxylic acids is 3. The van der Waals surface area contributed by atoms with Crippen molar-refractivity contribution < 1.29 is 38.9 Å². The number of anilines is 1. The van der Waals surface area contributed by atoms with Gasteiger partial charge in [-0.2, -0.15) is 0 Å². The van der Waals surface area contributed by atoms with Gasteiger partial charge >= 0.3 is 18.2 Å². The summed E-state index contributed by atoms with van der Waals surface area (Å²) in [6.45, 7) is 1.29. The normalized spacial score (nSPS) is 24.2. The second-order valence-electron chi connectivity index (χ2n) is 7.19. The fourth-order valence-corrected chi connectivity index (χ4v) is 4.24. The van der Waals surface area contributed by atoms with Crippen molar-refractivity contribution in [2.75, 3.05) is 18.5 Å². The van der Waals surface area contributed by atoms with Crippen LogP contribution in [0, 0.1) is 5.92 Å². The highest BCUT2D eigenvalue weighted by atomic mass is 16.7. The Kier molecular flexibility index (Phi) is 4.72. The Morgan fingerprint density at radius 1 is 1.23 bits per heavy atom. The highest BCUT2D eigenvalue weighted by Gasteiger charge is 2.64. The van der Waals surface area contributed by atoms with E-state index >= 15 is 0 Å². The van der Waals surface area contributed by atoms with Crippen molar-refractivity contribution >= 4 is 29.8 Å². The van der Waals surface area contributed by atoms with Crippen LogP contribution >= 0.6 is 0 Å². The maximum atomic E-state index is 12.8. The average molecular weight is 417 g/mol. The molecule has 0 saturated carbocycles. The lowest BCUT2D eigenvalue weighted by Crippen LogP contribution is -2.73. The predicted molar refractivity (Wildman–Crippen MR) is 99.1 cm³/mol. The number of hydrogen-bond donors (Lipinski definition) is 3. The summed E-state index contributed by atoms with van der Waals surface area (Å²) in [4.78, 5) is 50.5. The first-order chi connectivity index (χ1) is 14.3. The summed E-state index contributed by atoms with van der Waals surface area (Å²) in [5.41, 5.74) is 0.880. The van der Waals surface area contributed by atoms with E-state index in [4.69, 9.17) is 14.6 Å². The maximum absolute atomic E-state index is 12.8. The van der Waals surface area contributed by atoms with Gasteiger partial charge in [-0.1, -0.05) is 0 Å². The lowest BCUT2D eigenvalue weighted by molar-refractivity contribution is -0.160. The van der Waals surface area contributed by atoms with Crippen LogP contribution in [0.25, 0.3) is 0 Å². The van der Waals surface area contributed by atoms with Crippen LogP contribution in [0.4, 0.5) is 15.3 Å².